The van der Waals surface area contributed by atoms with Crippen molar-refractivity contribution in [1.29, 1.82) is 0 Å². The first-order chi connectivity index (χ1) is 11.7. The molecule has 0 aromatic carbocycles. The van der Waals surface area contributed by atoms with Crippen molar-refractivity contribution in [1.82, 2.24) is 0 Å². The van der Waals surface area contributed by atoms with Crippen LogP contribution in [0, 0.1) is 40.4 Å². The number of ketones is 1. The van der Waals surface area contributed by atoms with Crippen molar-refractivity contribution in [3.05, 3.63) is 0 Å². The SMILES string of the molecule is C[C@@]1(O)CC[C@]2(C)C3CC[C@@]4(C)C(CC[C@@H]4C(=O)CBr)[C@@H]3CC[C@@H]2C1. The van der Waals surface area contributed by atoms with E-state index in [0.29, 0.717) is 22.4 Å². The van der Waals surface area contributed by atoms with Crippen molar-refractivity contribution in [3.63, 3.8) is 0 Å². The summed E-state index contributed by atoms with van der Waals surface area (Å²) in [6.45, 7) is 7.03. The second kappa shape index (κ2) is 6.06. The van der Waals surface area contributed by atoms with Gasteiger partial charge >= 0.3 is 0 Å². The van der Waals surface area contributed by atoms with Gasteiger partial charge in [0.05, 0.1) is 10.9 Å². The molecule has 25 heavy (non-hydrogen) atoms. The smallest absolute Gasteiger partial charge is 0.147 e. The fourth-order valence-corrected chi connectivity index (χ4v) is 8.44. The topological polar surface area (TPSA) is 37.3 Å². The average Bonchev–Trinajstić information content (AvgIpc) is 2.92. The van der Waals surface area contributed by atoms with E-state index in [0.717, 1.165) is 37.0 Å². The molecule has 3 heteroatoms. The molecule has 4 aliphatic rings. The Hall–Kier alpha value is 0.110. The number of hydrogen-bond acceptors (Lipinski definition) is 2. The zero-order chi connectivity index (χ0) is 18.0. The van der Waals surface area contributed by atoms with Crippen LogP contribution in [0.3, 0.4) is 0 Å². The Kier molecular flexibility index (Phi) is 4.47. The number of rotatable bonds is 2. The third-order valence-corrected chi connectivity index (χ3v) is 10.0. The molecule has 0 bridgehead atoms. The van der Waals surface area contributed by atoms with Crippen molar-refractivity contribution in [3.8, 4) is 0 Å². The van der Waals surface area contributed by atoms with Gasteiger partial charge in [0.1, 0.15) is 5.78 Å². The second-order valence-electron chi connectivity index (χ2n) is 10.6. The lowest BCUT2D eigenvalue weighted by molar-refractivity contribution is -0.150. The van der Waals surface area contributed by atoms with Gasteiger partial charge in [0.2, 0.25) is 0 Å². The highest BCUT2D eigenvalue weighted by atomic mass is 79.9. The molecule has 0 aromatic heterocycles. The Morgan fingerprint density at radius 3 is 2.40 bits per heavy atom. The summed E-state index contributed by atoms with van der Waals surface area (Å²) < 4.78 is 0. The predicted octanol–water partition coefficient (Wildman–Crippen LogP) is 5.36. The van der Waals surface area contributed by atoms with Crippen LogP contribution < -0.4 is 0 Å². The first kappa shape index (κ1) is 18.5. The molecule has 4 aliphatic carbocycles. The van der Waals surface area contributed by atoms with Gasteiger partial charge in [0.25, 0.3) is 0 Å². The minimum absolute atomic E-state index is 0.245. The Morgan fingerprint density at radius 2 is 1.68 bits per heavy atom. The Morgan fingerprint density at radius 1 is 0.960 bits per heavy atom. The van der Waals surface area contributed by atoms with Crippen molar-refractivity contribution in [2.24, 2.45) is 40.4 Å². The molecule has 4 rings (SSSR count). The molecule has 0 spiro atoms. The molecule has 0 radical (unpaired) electrons. The summed E-state index contributed by atoms with van der Waals surface area (Å²) in [7, 11) is 0. The monoisotopic (exact) mass is 410 g/mol. The van der Waals surface area contributed by atoms with E-state index < -0.39 is 5.60 Å². The maximum Gasteiger partial charge on any atom is 0.147 e. The van der Waals surface area contributed by atoms with E-state index in [1.165, 1.54) is 38.5 Å². The highest BCUT2D eigenvalue weighted by Gasteiger charge is 2.61. The Bertz CT molecular complexity index is 558. The van der Waals surface area contributed by atoms with Crippen LogP contribution in [0.25, 0.3) is 0 Å². The molecule has 8 atom stereocenters. The molecule has 0 heterocycles. The van der Waals surface area contributed by atoms with E-state index in [4.69, 9.17) is 0 Å². The van der Waals surface area contributed by atoms with Crippen molar-refractivity contribution >= 4 is 21.7 Å². The van der Waals surface area contributed by atoms with Crippen LogP contribution in [-0.2, 0) is 4.79 Å². The van der Waals surface area contributed by atoms with Crippen molar-refractivity contribution in [2.75, 3.05) is 5.33 Å². The summed E-state index contributed by atoms with van der Waals surface area (Å²) in [5.41, 5.74) is 0.223. The molecule has 0 aromatic rings. The number of halogens is 1. The number of hydrogen-bond donors (Lipinski definition) is 1. The van der Waals surface area contributed by atoms with Gasteiger partial charge in [0.15, 0.2) is 0 Å². The zero-order valence-electron chi connectivity index (χ0n) is 16.2. The Balaban J connectivity index is 1.59. The fraction of sp³-hybridized carbons (Fsp3) is 0.955. The van der Waals surface area contributed by atoms with Crippen LogP contribution >= 0.6 is 15.9 Å². The number of alkyl halides is 1. The third-order valence-electron chi connectivity index (χ3n) is 9.47. The summed E-state index contributed by atoms with van der Waals surface area (Å²) in [4.78, 5) is 12.5. The van der Waals surface area contributed by atoms with E-state index in [9.17, 15) is 9.90 Å². The molecule has 2 nitrogen and oxygen atoms in total. The van der Waals surface area contributed by atoms with Crippen LogP contribution in [0.1, 0.15) is 78.6 Å². The number of fused-ring (bicyclic) bond motifs is 5. The molecule has 2 unspecified atom stereocenters. The average molecular weight is 411 g/mol. The van der Waals surface area contributed by atoms with E-state index in [2.05, 4.69) is 29.8 Å². The van der Waals surface area contributed by atoms with Gasteiger partial charge in [-0.3, -0.25) is 4.79 Å². The first-order valence-electron chi connectivity index (χ1n) is 10.5. The van der Waals surface area contributed by atoms with Crippen LogP contribution in [0.15, 0.2) is 0 Å². The fourth-order valence-electron chi connectivity index (χ4n) is 8.05. The van der Waals surface area contributed by atoms with Crippen molar-refractivity contribution < 1.29 is 9.90 Å². The molecule has 0 saturated heterocycles. The molecule has 4 fully saturated rings. The number of carbonyl (C=O) groups excluding carboxylic acids is 1. The molecule has 4 saturated carbocycles. The second-order valence-corrected chi connectivity index (χ2v) is 11.2. The molecule has 1 N–H and O–H groups in total. The van der Waals surface area contributed by atoms with Crippen LogP contribution in [0.5, 0.6) is 0 Å². The summed E-state index contributed by atoms with van der Waals surface area (Å²) in [5.74, 6) is 3.81. The van der Waals surface area contributed by atoms with E-state index in [1.807, 2.05) is 6.92 Å². The highest BCUT2D eigenvalue weighted by Crippen LogP contribution is 2.68. The summed E-state index contributed by atoms with van der Waals surface area (Å²) in [6.07, 6.45) is 10.7. The normalized spacial score (nSPS) is 55.2. The number of aliphatic hydroxyl groups is 1. The van der Waals surface area contributed by atoms with Gasteiger partial charge in [0, 0.05) is 5.92 Å². The highest BCUT2D eigenvalue weighted by molar-refractivity contribution is 9.09. The van der Waals surface area contributed by atoms with Gasteiger partial charge in [-0.2, -0.15) is 0 Å². The minimum atomic E-state index is -0.444. The first-order valence-corrected chi connectivity index (χ1v) is 11.6. The molecular formula is C22H35BrO2. The van der Waals surface area contributed by atoms with E-state index >= 15 is 0 Å². The van der Waals surface area contributed by atoms with Gasteiger partial charge in [-0.1, -0.05) is 29.8 Å². The predicted molar refractivity (Wildman–Crippen MR) is 105 cm³/mol. The summed E-state index contributed by atoms with van der Waals surface area (Å²) in [5, 5.41) is 11.1. The van der Waals surface area contributed by atoms with Gasteiger partial charge in [-0.25, -0.2) is 0 Å². The molecule has 0 aliphatic heterocycles. The lowest BCUT2D eigenvalue weighted by Gasteiger charge is -2.61. The van der Waals surface area contributed by atoms with Gasteiger partial charge in [-0.15, -0.1) is 0 Å². The zero-order valence-corrected chi connectivity index (χ0v) is 17.8. The van der Waals surface area contributed by atoms with Gasteiger partial charge < -0.3 is 5.11 Å². The third kappa shape index (κ3) is 2.70. The lowest BCUT2D eigenvalue weighted by Crippen LogP contribution is -2.55. The summed E-state index contributed by atoms with van der Waals surface area (Å²) in [6, 6.07) is 0. The maximum absolute atomic E-state index is 12.5. The lowest BCUT2D eigenvalue weighted by atomic mass is 9.44. The maximum atomic E-state index is 12.5. The van der Waals surface area contributed by atoms with Crippen LogP contribution in [-0.4, -0.2) is 21.8 Å². The van der Waals surface area contributed by atoms with Crippen LogP contribution in [0.4, 0.5) is 0 Å². The summed E-state index contributed by atoms with van der Waals surface area (Å²) >= 11 is 3.43. The van der Waals surface area contributed by atoms with Crippen molar-refractivity contribution in [2.45, 2.75) is 84.2 Å². The minimum Gasteiger partial charge on any atom is -0.390 e. The number of Topliss-reactive ketones (excluding diaryl/α,β-unsaturated/α-hetero) is 1. The molecular weight excluding hydrogens is 376 g/mol. The standard InChI is InChI=1S/C22H35BrO2/c1-20(25)10-11-21(2)14(12-20)4-5-15-16-6-7-18(19(24)13-23)22(16,3)9-8-17(15)21/h14-18,25H,4-13H2,1-3H3/t14-,15+,16?,17?,18-,20-,21+,22+/m1/s1. The van der Waals surface area contributed by atoms with E-state index in [1.54, 1.807) is 0 Å². The van der Waals surface area contributed by atoms with Crippen LogP contribution in [0.2, 0.25) is 0 Å². The molecule has 0 amide bonds. The Labute approximate surface area is 161 Å². The van der Waals surface area contributed by atoms with Gasteiger partial charge in [-0.05, 0) is 99.2 Å². The van der Waals surface area contributed by atoms with E-state index in [-0.39, 0.29) is 11.3 Å². The molecule has 142 valence electrons. The number of carbonyl (C=O) groups is 1. The largest absolute Gasteiger partial charge is 0.390 e. The quantitative estimate of drug-likeness (QED) is 0.621.